The van der Waals surface area contributed by atoms with Gasteiger partial charge in [0.1, 0.15) is 12.2 Å². The van der Waals surface area contributed by atoms with E-state index in [1.165, 1.54) is 6.20 Å². The summed E-state index contributed by atoms with van der Waals surface area (Å²) in [6, 6.07) is 1.14. The maximum Gasteiger partial charge on any atom is 0.313 e. The summed E-state index contributed by atoms with van der Waals surface area (Å²) in [5.41, 5.74) is 5.81. The topological polar surface area (TPSA) is 94.6 Å². The molecule has 2 N–H and O–H groups in total. The molecule has 1 aromatic carbocycles. The number of ketones is 1. The molecular weight excluding hydrogens is 413 g/mol. The molecule has 30 heavy (non-hydrogen) atoms. The van der Waals surface area contributed by atoms with Crippen molar-refractivity contribution in [1.29, 1.82) is 0 Å². The lowest BCUT2D eigenvalue weighted by Crippen LogP contribution is -2.28. The molecule has 2 fully saturated rings. The predicted molar refractivity (Wildman–Crippen MR) is 112 cm³/mol. The lowest BCUT2D eigenvalue weighted by molar-refractivity contribution is -0.141. The molecule has 0 unspecified atom stereocenters. The van der Waals surface area contributed by atoms with Crippen molar-refractivity contribution in [3.05, 3.63) is 38.9 Å². The van der Waals surface area contributed by atoms with Crippen molar-refractivity contribution in [2.24, 2.45) is 5.73 Å². The SMILES string of the molecule is CCOC(=O)CC(=O)c1cn(C2CC2)c2c(Cl)c(N3CC[C@@H](N)C3)c(F)cc2c1=O. The van der Waals surface area contributed by atoms with Crippen molar-refractivity contribution in [2.75, 3.05) is 24.6 Å². The Labute approximate surface area is 177 Å². The number of esters is 1. The molecule has 0 amide bonds. The van der Waals surface area contributed by atoms with Crippen LogP contribution in [-0.4, -0.2) is 42.1 Å². The Morgan fingerprint density at radius 3 is 2.67 bits per heavy atom. The number of carbonyl (C=O) groups excluding carboxylic acids is 2. The molecule has 1 aliphatic carbocycles. The number of Topliss-reactive ketones (excluding diaryl/α,β-unsaturated/α-hetero) is 1. The van der Waals surface area contributed by atoms with E-state index < -0.39 is 29.4 Å². The third kappa shape index (κ3) is 3.70. The number of anilines is 1. The third-order valence-corrected chi connectivity index (χ3v) is 5.93. The maximum atomic E-state index is 15.1. The second-order valence-electron chi connectivity index (χ2n) is 7.83. The van der Waals surface area contributed by atoms with Gasteiger partial charge in [-0.2, -0.15) is 0 Å². The van der Waals surface area contributed by atoms with E-state index in [0.717, 1.165) is 25.3 Å². The van der Waals surface area contributed by atoms with Crippen molar-refractivity contribution in [3.8, 4) is 0 Å². The average Bonchev–Trinajstić information content (AvgIpc) is 3.44. The van der Waals surface area contributed by atoms with E-state index in [-0.39, 0.29) is 40.4 Å². The second-order valence-corrected chi connectivity index (χ2v) is 8.21. The highest BCUT2D eigenvalue weighted by molar-refractivity contribution is 6.38. The number of carbonyl (C=O) groups is 2. The molecule has 1 saturated carbocycles. The molecule has 160 valence electrons. The zero-order valence-corrected chi connectivity index (χ0v) is 17.4. The number of ether oxygens (including phenoxy) is 1. The Kier molecular flexibility index (Phi) is 5.55. The van der Waals surface area contributed by atoms with Crippen LogP contribution < -0.4 is 16.1 Å². The van der Waals surface area contributed by atoms with Crippen molar-refractivity contribution in [2.45, 2.75) is 44.7 Å². The minimum absolute atomic E-state index is 0.0337. The Morgan fingerprint density at radius 2 is 2.07 bits per heavy atom. The monoisotopic (exact) mass is 435 g/mol. The van der Waals surface area contributed by atoms with Gasteiger partial charge in [-0.25, -0.2) is 4.39 Å². The molecule has 2 aliphatic rings. The van der Waals surface area contributed by atoms with Crippen molar-refractivity contribution in [1.82, 2.24) is 4.57 Å². The molecule has 0 bridgehead atoms. The molecule has 1 saturated heterocycles. The predicted octanol–water partition coefficient (Wildman–Crippen LogP) is 2.80. The summed E-state index contributed by atoms with van der Waals surface area (Å²) >= 11 is 6.64. The van der Waals surface area contributed by atoms with Gasteiger partial charge in [0, 0.05) is 31.4 Å². The van der Waals surface area contributed by atoms with Gasteiger partial charge in [0.15, 0.2) is 11.2 Å². The number of rotatable bonds is 6. The first-order valence-electron chi connectivity index (χ1n) is 10.1. The summed E-state index contributed by atoms with van der Waals surface area (Å²) in [5.74, 6) is -1.98. The number of nitrogens with zero attached hydrogens (tertiary/aromatic N) is 2. The number of benzene rings is 1. The standard InChI is InChI=1S/C21H23ClFN3O4/c1-2-30-17(28)8-16(27)14-10-26(12-3-4-12)19-13(21(14)29)7-15(23)20(18(19)22)25-6-5-11(24)9-25/h7,10-12H,2-6,8-9,24H2,1H3/t11-/m1/s1. The van der Waals surface area contributed by atoms with Gasteiger partial charge in [0.05, 0.1) is 33.8 Å². The highest BCUT2D eigenvalue weighted by Gasteiger charge is 2.32. The van der Waals surface area contributed by atoms with Gasteiger partial charge in [-0.05, 0) is 32.3 Å². The number of hydrogen-bond donors (Lipinski definition) is 1. The largest absolute Gasteiger partial charge is 0.466 e. The van der Waals surface area contributed by atoms with Crippen LogP contribution in [0.2, 0.25) is 5.02 Å². The van der Waals surface area contributed by atoms with Gasteiger partial charge in [-0.15, -0.1) is 0 Å². The van der Waals surface area contributed by atoms with E-state index in [9.17, 15) is 14.4 Å². The zero-order chi connectivity index (χ0) is 21.6. The third-order valence-electron chi connectivity index (χ3n) is 5.58. The Morgan fingerprint density at radius 1 is 1.33 bits per heavy atom. The summed E-state index contributed by atoms with van der Waals surface area (Å²) in [6.45, 7) is 2.83. The van der Waals surface area contributed by atoms with Gasteiger partial charge in [0.2, 0.25) is 0 Å². The van der Waals surface area contributed by atoms with E-state index in [1.54, 1.807) is 16.4 Å². The molecule has 7 nitrogen and oxygen atoms in total. The average molecular weight is 436 g/mol. The first kappa shape index (κ1) is 20.8. The van der Waals surface area contributed by atoms with Crippen molar-refractivity contribution in [3.63, 3.8) is 0 Å². The van der Waals surface area contributed by atoms with Crippen LogP contribution in [0.3, 0.4) is 0 Å². The summed E-state index contributed by atoms with van der Waals surface area (Å²) in [5, 5.41) is 0.179. The van der Waals surface area contributed by atoms with E-state index in [2.05, 4.69) is 0 Å². The molecule has 2 heterocycles. The van der Waals surface area contributed by atoms with Crippen LogP contribution in [-0.2, 0) is 9.53 Å². The van der Waals surface area contributed by atoms with Crippen LogP contribution in [0.25, 0.3) is 10.9 Å². The highest BCUT2D eigenvalue weighted by Crippen LogP contribution is 2.42. The molecule has 9 heteroatoms. The van der Waals surface area contributed by atoms with E-state index in [0.29, 0.717) is 18.6 Å². The minimum atomic E-state index is -0.704. The lowest BCUT2D eigenvalue weighted by Gasteiger charge is -2.23. The van der Waals surface area contributed by atoms with Gasteiger partial charge >= 0.3 is 5.97 Å². The van der Waals surface area contributed by atoms with Gasteiger partial charge in [-0.1, -0.05) is 11.6 Å². The molecule has 2 aromatic rings. The molecule has 1 atom stereocenters. The number of halogens is 2. The van der Waals surface area contributed by atoms with E-state index >= 15 is 4.39 Å². The Hall–Kier alpha value is -2.45. The van der Waals surface area contributed by atoms with Crippen molar-refractivity contribution < 1.29 is 18.7 Å². The number of nitrogens with two attached hydrogens (primary N) is 1. The first-order chi connectivity index (χ1) is 14.3. The van der Waals surface area contributed by atoms with Crippen LogP contribution >= 0.6 is 11.6 Å². The fourth-order valence-corrected chi connectivity index (χ4v) is 4.40. The first-order valence-corrected chi connectivity index (χ1v) is 10.5. The summed E-state index contributed by atoms with van der Waals surface area (Å²) in [6.07, 6.45) is 3.36. The number of aromatic nitrogens is 1. The second kappa shape index (κ2) is 8.00. The van der Waals surface area contributed by atoms with Crippen LogP contribution in [0.15, 0.2) is 17.1 Å². The summed E-state index contributed by atoms with van der Waals surface area (Å²) in [7, 11) is 0. The number of hydrogen-bond acceptors (Lipinski definition) is 6. The van der Waals surface area contributed by atoms with Gasteiger partial charge in [0.25, 0.3) is 0 Å². The molecule has 0 radical (unpaired) electrons. The van der Waals surface area contributed by atoms with Crippen LogP contribution in [0.4, 0.5) is 10.1 Å². The molecule has 0 spiro atoms. The van der Waals surface area contributed by atoms with E-state index in [1.807, 2.05) is 0 Å². The lowest BCUT2D eigenvalue weighted by atomic mass is 10.0. The summed E-state index contributed by atoms with van der Waals surface area (Å²) < 4.78 is 21.6. The molecule has 1 aliphatic heterocycles. The quantitative estimate of drug-likeness (QED) is 0.426. The molecular formula is C21H23ClFN3O4. The fraction of sp³-hybridized carbons (Fsp3) is 0.476. The Bertz CT molecular complexity index is 1100. The van der Waals surface area contributed by atoms with Gasteiger partial charge < -0.3 is 19.9 Å². The number of fused-ring (bicyclic) bond motifs is 1. The summed E-state index contributed by atoms with van der Waals surface area (Å²) in [4.78, 5) is 39.2. The maximum absolute atomic E-state index is 15.1. The molecule has 4 rings (SSSR count). The highest BCUT2D eigenvalue weighted by atomic mass is 35.5. The smallest absolute Gasteiger partial charge is 0.313 e. The van der Waals surface area contributed by atoms with Crippen LogP contribution in [0.1, 0.15) is 49.0 Å². The molecule has 1 aromatic heterocycles. The van der Waals surface area contributed by atoms with E-state index in [4.69, 9.17) is 22.1 Å². The van der Waals surface area contributed by atoms with Crippen LogP contribution in [0.5, 0.6) is 0 Å². The minimum Gasteiger partial charge on any atom is -0.466 e. The normalized spacial score (nSPS) is 18.8. The van der Waals surface area contributed by atoms with Gasteiger partial charge in [-0.3, -0.25) is 14.4 Å². The Balaban J connectivity index is 1.87. The van der Waals surface area contributed by atoms with Crippen LogP contribution in [0, 0.1) is 5.82 Å². The fourth-order valence-electron chi connectivity index (χ4n) is 3.99. The van der Waals surface area contributed by atoms with Crippen molar-refractivity contribution >= 4 is 39.9 Å². The number of pyridine rings is 1. The zero-order valence-electron chi connectivity index (χ0n) is 16.6.